The summed E-state index contributed by atoms with van der Waals surface area (Å²) in [5, 5.41) is 3.46. The molecule has 2 aromatic carbocycles. The lowest BCUT2D eigenvalue weighted by molar-refractivity contribution is 0.288. The third kappa shape index (κ3) is 4.50. The summed E-state index contributed by atoms with van der Waals surface area (Å²) in [6, 6.07) is 16.6. The number of aryl methyl sites for hydroxylation is 1. The van der Waals surface area contributed by atoms with Crippen molar-refractivity contribution >= 4 is 0 Å². The maximum atomic E-state index is 5.75. The standard InChI is InChI=1S/C18H23NO2/c1-14-8-10-16(11-9-14)15(2)19-12-13-21-18-7-5-4-6-17(18)20-3/h4-11,15,19H,12-13H2,1-3H3/t15-/m0/s1. The average molecular weight is 285 g/mol. The summed E-state index contributed by atoms with van der Waals surface area (Å²) in [4.78, 5) is 0. The normalized spacial score (nSPS) is 12.0. The predicted molar refractivity (Wildman–Crippen MR) is 86.1 cm³/mol. The van der Waals surface area contributed by atoms with Crippen molar-refractivity contribution in [3.8, 4) is 11.5 Å². The third-order valence-electron chi connectivity index (χ3n) is 3.46. The van der Waals surface area contributed by atoms with Crippen molar-refractivity contribution in [3.63, 3.8) is 0 Å². The first-order valence-corrected chi connectivity index (χ1v) is 7.26. The molecule has 3 nitrogen and oxygen atoms in total. The second kappa shape index (κ2) is 7.70. The highest BCUT2D eigenvalue weighted by atomic mass is 16.5. The third-order valence-corrected chi connectivity index (χ3v) is 3.46. The molecule has 0 spiro atoms. The van der Waals surface area contributed by atoms with Crippen LogP contribution in [0.15, 0.2) is 48.5 Å². The minimum Gasteiger partial charge on any atom is -0.493 e. The van der Waals surface area contributed by atoms with Crippen molar-refractivity contribution in [2.45, 2.75) is 19.9 Å². The van der Waals surface area contributed by atoms with Gasteiger partial charge in [0, 0.05) is 12.6 Å². The topological polar surface area (TPSA) is 30.5 Å². The molecule has 2 aromatic rings. The van der Waals surface area contributed by atoms with Gasteiger partial charge in [-0.25, -0.2) is 0 Å². The summed E-state index contributed by atoms with van der Waals surface area (Å²) in [6.45, 7) is 5.65. The van der Waals surface area contributed by atoms with Crippen LogP contribution in [0, 0.1) is 6.92 Å². The molecule has 1 atom stereocenters. The molecule has 0 amide bonds. The highest BCUT2D eigenvalue weighted by Gasteiger charge is 2.05. The molecule has 2 rings (SSSR count). The van der Waals surface area contributed by atoms with Crippen LogP contribution in [0.1, 0.15) is 24.1 Å². The van der Waals surface area contributed by atoms with Gasteiger partial charge < -0.3 is 14.8 Å². The van der Waals surface area contributed by atoms with E-state index < -0.39 is 0 Å². The van der Waals surface area contributed by atoms with Crippen molar-refractivity contribution < 1.29 is 9.47 Å². The summed E-state index contributed by atoms with van der Waals surface area (Å²) in [7, 11) is 1.65. The van der Waals surface area contributed by atoms with Crippen LogP contribution in [0.4, 0.5) is 0 Å². The summed E-state index contributed by atoms with van der Waals surface area (Å²) < 4.78 is 11.0. The minimum atomic E-state index is 0.312. The van der Waals surface area contributed by atoms with Crippen LogP contribution >= 0.6 is 0 Å². The van der Waals surface area contributed by atoms with E-state index in [4.69, 9.17) is 9.47 Å². The smallest absolute Gasteiger partial charge is 0.161 e. The summed E-state index contributed by atoms with van der Waals surface area (Å²) >= 11 is 0. The molecule has 3 heteroatoms. The molecule has 112 valence electrons. The SMILES string of the molecule is COc1ccccc1OCCN[C@@H](C)c1ccc(C)cc1. The molecule has 0 unspecified atom stereocenters. The molecule has 0 aliphatic carbocycles. The summed E-state index contributed by atoms with van der Waals surface area (Å²) in [6.07, 6.45) is 0. The van der Waals surface area contributed by atoms with Crippen molar-refractivity contribution in [1.82, 2.24) is 5.32 Å². The van der Waals surface area contributed by atoms with Gasteiger partial charge in [0.2, 0.25) is 0 Å². The van der Waals surface area contributed by atoms with Crippen LogP contribution in [0.5, 0.6) is 11.5 Å². The van der Waals surface area contributed by atoms with Crippen molar-refractivity contribution in [1.29, 1.82) is 0 Å². The monoisotopic (exact) mass is 285 g/mol. The predicted octanol–water partition coefficient (Wildman–Crippen LogP) is 3.73. The Hall–Kier alpha value is -2.00. The van der Waals surface area contributed by atoms with E-state index in [-0.39, 0.29) is 0 Å². The fourth-order valence-electron chi connectivity index (χ4n) is 2.15. The van der Waals surface area contributed by atoms with Crippen molar-refractivity contribution in [3.05, 3.63) is 59.7 Å². The van der Waals surface area contributed by atoms with E-state index in [0.29, 0.717) is 12.6 Å². The lowest BCUT2D eigenvalue weighted by Gasteiger charge is -2.15. The quantitative estimate of drug-likeness (QED) is 0.786. The Labute approximate surface area is 126 Å². The summed E-state index contributed by atoms with van der Waals surface area (Å²) in [5.41, 5.74) is 2.57. The van der Waals surface area contributed by atoms with E-state index in [1.54, 1.807) is 7.11 Å². The second-order valence-electron chi connectivity index (χ2n) is 5.09. The zero-order valence-corrected chi connectivity index (χ0v) is 12.9. The van der Waals surface area contributed by atoms with Crippen LogP contribution in [-0.4, -0.2) is 20.3 Å². The van der Waals surface area contributed by atoms with Crippen LogP contribution in [-0.2, 0) is 0 Å². The number of para-hydroxylation sites is 2. The van der Waals surface area contributed by atoms with Gasteiger partial charge in [-0.1, -0.05) is 42.0 Å². The van der Waals surface area contributed by atoms with Crippen LogP contribution in [0.2, 0.25) is 0 Å². The Morgan fingerprint density at radius 1 is 1.00 bits per heavy atom. The number of ether oxygens (including phenoxy) is 2. The molecular weight excluding hydrogens is 262 g/mol. The highest BCUT2D eigenvalue weighted by Crippen LogP contribution is 2.25. The summed E-state index contributed by atoms with van der Waals surface area (Å²) in [5.74, 6) is 1.55. The minimum absolute atomic E-state index is 0.312. The maximum Gasteiger partial charge on any atom is 0.161 e. The van der Waals surface area contributed by atoms with E-state index >= 15 is 0 Å². The van der Waals surface area contributed by atoms with Gasteiger partial charge in [0.25, 0.3) is 0 Å². The molecule has 0 bridgehead atoms. The number of rotatable bonds is 7. The Kier molecular flexibility index (Phi) is 5.64. The Morgan fingerprint density at radius 3 is 2.33 bits per heavy atom. The van der Waals surface area contributed by atoms with E-state index in [2.05, 4.69) is 43.4 Å². The molecule has 0 saturated heterocycles. The molecule has 0 aromatic heterocycles. The Balaban J connectivity index is 1.78. The highest BCUT2D eigenvalue weighted by molar-refractivity contribution is 5.39. The zero-order valence-electron chi connectivity index (χ0n) is 12.9. The van der Waals surface area contributed by atoms with Gasteiger partial charge in [0.05, 0.1) is 7.11 Å². The molecule has 0 aliphatic heterocycles. The van der Waals surface area contributed by atoms with Crippen LogP contribution in [0.25, 0.3) is 0 Å². The first-order valence-electron chi connectivity index (χ1n) is 7.26. The molecule has 0 aliphatic rings. The number of methoxy groups -OCH3 is 1. The second-order valence-corrected chi connectivity index (χ2v) is 5.09. The average Bonchev–Trinajstić information content (AvgIpc) is 2.52. The fraction of sp³-hybridized carbons (Fsp3) is 0.333. The molecule has 1 N–H and O–H groups in total. The number of hydrogen-bond donors (Lipinski definition) is 1. The van der Waals surface area contributed by atoms with E-state index in [1.165, 1.54) is 11.1 Å². The van der Waals surface area contributed by atoms with Gasteiger partial charge >= 0.3 is 0 Å². The maximum absolute atomic E-state index is 5.75. The van der Waals surface area contributed by atoms with E-state index in [1.807, 2.05) is 24.3 Å². The van der Waals surface area contributed by atoms with Crippen LogP contribution < -0.4 is 14.8 Å². The number of hydrogen-bond acceptors (Lipinski definition) is 3. The van der Waals surface area contributed by atoms with E-state index in [9.17, 15) is 0 Å². The van der Waals surface area contributed by atoms with E-state index in [0.717, 1.165) is 18.0 Å². The van der Waals surface area contributed by atoms with Gasteiger partial charge in [-0.15, -0.1) is 0 Å². The zero-order chi connectivity index (χ0) is 15.1. The molecule has 0 fully saturated rings. The molecule has 0 radical (unpaired) electrons. The van der Waals surface area contributed by atoms with Gasteiger partial charge in [0.15, 0.2) is 11.5 Å². The number of benzene rings is 2. The molecule has 0 saturated carbocycles. The van der Waals surface area contributed by atoms with Crippen molar-refractivity contribution in [2.24, 2.45) is 0 Å². The lowest BCUT2D eigenvalue weighted by atomic mass is 10.1. The Bertz CT molecular complexity index is 551. The van der Waals surface area contributed by atoms with Crippen molar-refractivity contribution in [2.75, 3.05) is 20.3 Å². The molecule has 21 heavy (non-hydrogen) atoms. The lowest BCUT2D eigenvalue weighted by Crippen LogP contribution is -2.24. The van der Waals surface area contributed by atoms with Gasteiger partial charge in [-0.05, 0) is 31.5 Å². The van der Waals surface area contributed by atoms with Gasteiger partial charge in [-0.2, -0.15) is 0 Å². The first kappa shape index (κ1) is 15.4. The molecular formula is C18H23NO2. The van der Waals surface area contributed by atoms with Gasteiger partial charge in [0.1, 0.15) is 6.61 Å². The van der Waals surface area contributed by atoms with Crippen LogP contribution in [0.3, 0.4) is 0 Å². The first-order chi connectivity index (χ1) is 10.2. The largest absolute Gasteiger partial charge is 0.493 e. The molecule has 0 heterocycles. The fourth-order valence-corrected chi connectivity index (χ4v) is 2.15. The van der Waals surface area contributed by atoms with Gasteiger partial charge in [-0.3, -0.25) is 0 Å². The number of nitrogens with one attached hydrogen (secondary N) is 1. The Morgan fingerprint density at radius 2 is 1.67 bits per heavy atom.